The SMILES string of the molecule is COc1ccc(S(=O)(=O)Nc2ccc(N3CCN(CC(=O)NC(C)C)CC3)cc2C(=O)O)cc1. The van der Waals surface area contributed by atoms with Gasteiger partial charge in [0.1, 0.15) is 5.75 Å². The number of aromatic carboxylic acids is 1. The van der Waals surface area contributed by atoms with Crippen LogP contribution in [0.3, 0.4) is 0 Å². The first-order chi connectivity index (χ1) is 16.1. The van der Waals surface area contributed by atoms with Crippen LogP contribution in [-0.2, 0) is 14.8 Å². The Kier molecular flexibility index (Phi) is 8.00. The van der Waals surface area contributed by atoms with Gasteiger partial charge in [0.05, 0.1) is 29.8 Å². The van der Waals surface area contributed by atoms with Crippen LogP contribution in [0.2, 0.25) is 0 Å². The highest BCUT2D eigenvalue weighted by Gasteiger charge is 2.23. The molecule has 1 aliphatic rings. The molecular weight excluding hydrogens is 460 g/mol. The first-order valence-electron chi connectivity index (χ1n) is 10.9. The maximum absolute atomic E-state index is 12.8. The highest BCUT2D eigenvalue weighted by atomic mass is 32.2. The molecule has 0 aliphatic carbocycles. The van der Waals surface area contributed by atoms with Crippen LogP contribution in [-0.4, -0.2) is 76.2 Å². The molecule has 1 fully saturated rings. The molecule has 1 aliphatic heterocycles. The summed E-state index contributed by atoms with van der Waals surface area (Å²) in [7, 11) is -2.51. The molecule has 34 heavy (non-hydrogen) atoms. The fourth-order valence-corrected chi connectivity index (χ4v) is 4.77. The lowest BCUT2D eigenvalue weighted by Gasteiger charge is -2.36. The van der Waals surface area contributed by atoms with Gasteiger partial charge in [0.2, 0.25) is 5.91 Å². The van der Waals surface area contributed by atoms with Crippen LogP contribution in [0.15, 0.2) is 47.4 Å². The van der Waals surface area contributed by atoms with Gasteiger partial charge in [-0.2, -0.15) is 0 Å². The molecule has 0 aromatic heterocycles. The number of nitrogens with zero attached hydrogens (tertiary/aromatic N) is 2. The van der Waals surface area contributed by atoms with Crippen molar-refractivity contribution in [2.75, 3.05) is 49.5 Å². The van der Waals surface area contributed by atoms with Crippen LogP contribution < -0.4 is 19.7 Å². The lowest BCUT2D eigenvalue weighted by atomic mass is 10.1. The zero-order chi connectivity index (χ0) is 24.9. The Balaban J connectivity index is 1.71. The standard InChI is InChI=1S/C23H30N4O6S/c1-16(2)24-22(28)15-26-10-12-27(13-11-26)17-4-9-21(20(14-17)23(29)30)25-34(31,32)19-7-5-18(33-3)6-8-19/h4-9,14,16,25H,10-13,15H2,1-3H3,(H,24,28)(H,29,30). The summed E-state index contributed by atoms with van der Waals surface area (Å²) >= 11 is 0. The van der Waals surface area contributed by atoms with Gasteiger partial charge in [0.15, 0.2) is 0 Å². The Morgan fingerprint density at radius 1 is 1.06 bits per heavy atom. The summed E-state index contributed by atoms with van der Waals surface area (Å²) in [4.78, 5) is 27.9. The van der Waals surface area contributed by atoms with E-state index in [2.05, 4.69) is 10.0 Å². The number of carbonyl (C=O) groups is 2. The molecule has 3 rings (SSSR count). The Morgan fingerprint density at radius 2 is 1.71 bits per heavy atom. The minimum atomic E-state index is -3.99. The molecule has 3 N–H and O–H groups in total. The van der Waals surface area contributed by atoms with Crippen molar-refractivity contribution in [3.63, 3.8) is 0 Å². The number of sulfonamides is 1. The van der Waals surface area contributed by atoms with Crippen LogP contribution in [0.25, 0.3) is 0 Å². The van der Waals surface area contributed by atoms with Gasteiger partial charge in [-0.25, -0.2) is 13.2 Å². The van der Waals surface area contributed by atoms with E-state index >= 15 is 0 Å². The maximum atomic E-state index is 12.8. The summed E-state index contributed by atoms with van der Waals surface area (Å²) < 4.78 is 32.9. The number of hydrogen-bond acceptors (Lipinski definition) is 7. The van der Waals surface area contributed by atoms with Gasteiger partial charge in [-0.15, -0.1) is 0 Å². The normalized spacial score (nSPS) is 14.6. The predicted molar refractivity (Wildman–Crippen MR) is 129 cm³/mol. The average Bonchev–Trinajstić information content (AvgIpc) is 2.79. The van der Waals surface area contributed by atoms with E-state index in [-0.39, 0.29) is 28.1 Å². The Hall–Kier alpha value is -3.31. The third-order valence-electron chi connectivity index (χ3n) is 5.40. The second-order valence-corrected chi connectivity index (χ2v) is 9.98. The topological polar surface area (TPSA) is 128 Å². The van der Waals surface area contributed by atoms with Crippen molar-refractivity contribution in [3.05, 3.63) is 48.0 Å². The smallest absolute Gasteiger partial charge is 0.337 e. The van der Waals surface area contributed by atoms with Gasteiger partial charge in [-0.3, -0.25) is 14.4 Å². The molecule has 1 amide bonds. The lowest BCUT2D eigenvalue weighted by molar-refractivity contribution is -0.122. The number of amides is 1. The van der Waals surface area contributed by atoms with Crippen molar-refractivity contribution in [2.45, 2.75) is 24.8 Å². The number of benzene rings is 2. The van der Waals surface area contributed by atoms with E-state index in [1.165, 1.54) is 43.5 Å². The monoisotopic (exact) mass is 490 g/mol. The van der Waals surface area contributed by atoms with Crippen molar-refractivity contribution in [3.8, 4) is 5.75 Å². The third-order valence-corrected chi connectivity index (χ3v) is 6.78. The van der Waals surface area contributed by atoms with Crippen LogP contribution in [0.5, 0.6) is 5.75 Å². The van der Waals surface area contributed by atoms with E-state index in [0.29, 0.717) is 44.2 Å². The Morgan fingerprint density at radius 3 is 2.26 bits per heavy atom. The zero-order valence-corrected chi connectivity index (χ0v) is 20.3. The number of hydrogen-bond donors (Lipinski definition) is 3. The van der Waals surface area contributed by atoms with Crippen molar-refractivity contribution < 1.29 is 27.9 Å². The number of carboxylic acids is 1. The first kappa shape index (κ1) is 25.3. The van der Waals surface area contributed by atoms with Crippen LogP contribution in [0.1, 0.15) is 24.2 Å². The number of nitrogens with one attached hydrogen (secondary N) is 2. The van der Waals surface area contributed by atoms with E-state index in [9.17, 15) is 23.1 Å². The number of carboxylic acid groups (broad SMARTS) is 1. The molecule has 0 spiro atoms. The number of rotatable bonds is 9. The van der Waals surface area contributed by atoms with E-state index in [0.717, 1.165) is 0 Å². The number of carbonyl (C=O) groups excluding carboxylic acids is 1. The maximum Gasteiger partial charge on any atom is 0.337 e. The van der Waals surface area contributed by atoms with Gasteiger partial charge in [-0.1, -0.05) is 0 Å². The molecule has 1 saturated heterocycles. The number of piperazine rings is 1. The number of methoxy groups -OCH3 is 1. The molecule has 2 aromatic carbocycles. The minimum absolute atomic E-state index is 0.00802. The molecule has 10 nitrogen and oxygen atoms in total. The number of ether oxygens (including phenoxy) is 1. The molecule has 184 valence electrons. The van der Waals surface area contributed by atoms with Gasteiger partial charge in [-0.05, 0) is 56.3 Å². The molecule has 2 aromatic rings. The Labute approximate surface area is 199 Å². The first-order valence-corrected chi connectivity index (χ1v) is 12.4. The van der Waals surface area contributed by atoms with Gasteiger partial charge in [0, 0.05) is 37.9 Å². The molecule has 0 radical (unpaired) electrons. The van der Waals surface area contributed by atoms with E-state index in [1.807, 2.05) is 23.6 Å². The molecule has 0 saturated carbocycles. The van der Waals surface area contributed by atoms with Gasteiger partial charge < -0.3 is 20.1 Å². The lowest BCUT2D eigenvalue weighted by Crippen LogP contribution is -2.50. The highest BCUT2D eigenvalue weighted by Crippen LogP contribution is 2.27. The van der Waals surface area contributed by atoms with Gasteiger partial charge in [0.25, 0.3) is 10.0 Å². The van der Waals surface area contributed by atoms with Gasteiger partial charge >= 0.3 is 5.97 Å². The molecule has 11 heteroatoms. The van der Waals surface area contributed by atoms with Crippen molar-refractivity contribution >= 4 is 33.3 Å². The van der Waals surface area contributed by atoms with E-state index in [4.69, 9.17) is 4.74 Å². The highest BCUT2D eigenvalue weighted by molar-refractivity contribution is 7.92. The van der Waals surface area contributed by atoms with Crippen molar-refractivity contribution in [2.24, 2.45) is 0 Å². The molecular formula is C23H30N4O6S. The fourth-order valence-electron chi connectivity index (χ4n) is 3.69. The van der Waals surface area contributed by atoms with E-state index < -0.39 is 16.0 Å². The van der Waals surface area contributed by atoms with Crippen molar-refractivity contribution in [1.82, 2.24) is 10.2 Å². The molecule has 0 unspecified atom stereocenters. The quantitative estimate of drug-likeness (QED) is 0.486. The second-order valence-electron chi connectivity index (χ2n) is 8.30. The fraction of sp³-hybridized carbons (Fsp3) is 0.391. The summed E-state index contributed by atoms with van der Waals surface area (Å²) in [5, 5.41) is 12.6. The summed E-state index contributed by atoms with van der Waals surface area (Å²) in [6.07, 6.45) is 0. The molecule has 0 atom stereocenters. The van der Waals surface area contributed by atoms with Crippen LogP contribution in [0.4, 0.5) is 11.4 Å². The Bertz CT molecular complexity index is 1130. The van der Waals surface area contributed by atoms with E-state index in [1.54, 1.807) is 6.07 Å². The third kappa shape index (κ3) is 6.39. The summed E-state index contributed by atoms with van der Waals surface area (Å²) in [5.74, 6) is -0.751. The predicted octanol–water partition coefficient (Wildman–Crippen LogP) is 1.84. The summed E-state index contributed by atoms with van der Waals surface area (Å²) in [6, 6.07) is 10.5. The largest absolute Gasteiger partial charge is 0.497 e. The second kappa shape index (κ2) is 10.7. The molecule has 1 heterocycles. The average molecular weight is 491 g/mol. The zero-order valence-electron chi connectivity index (χ0n) is 19.4. The number of anilines is 2. The summed E-state index contributed by atoms with van der Waals surface area (Å²) in [5.41, 5.74) is 0.514. The van der Waals surface area contributed by atoms with Crippen LogP contribution >= 0.6 is 0 Å². The summed E-state index contributed by atoms with van der Waals surface area (Å²) in [6.45, 7) is 6.68. The van der Waals surface area contributed by atoms with Crippen LogP contribution in [0, 0.1) is 0 Å². The minimum Gasteiger partial charge on any atom is -0.497 e. The van der Waals surface area contributed by atoms with Crippen molar-refractivity contribution in [1.29, 1.82) is 0 Å². The molecule has 0 bridgehead atoms.